The summed E-state index contributed by atoms with van der Waals surface area (Å²) in [5, 5.41) is 13.6. The molecule has 0 aliphatic rings. The number of halogens is 2. The fourth-order valence-electron chi connectivity index (χ4n) is 1.67. The summed E-state index contributed by atoms with van der Waals surface area (Å²) in [4.78, 5) is 22.5. The lowest BCUT2D eigenvalue weighted by atomic mass is 10.0. The topological polar surface area (TPSA) is 78.4 Å². The highest BCUT2D eigenvalue weighted by Crippen LogP contribution is 2.19. The van der Waals surface area contributed by atoms with E-state index in [9.17, 15) is 18.4 Å². The summed E-state index contributed by atoms with van der Waals surface area (Å²) < 4.78 is 26.8. The predicted octanol–water partition coefficient (Wildman–Crippen LogP) is 3.22. The van der Waals surface area contributed by atoms with Crippen molar-refractivity contribution in [1.82, 2.24) is 5.32 Å². The lowest BCUT2D eigenvalue weighted by Crippen LogP contribution is -2.39. The van der Waals surface area contributed by atoms with Gasteiger partial charge in [-0.05, 0) is 18.9 Å². The molecule has 116 valence electrons. The molecule has 0 spiro atoms. The molecule has 0 heterocycles. The number of carboxylic acids is 1. The number of urea groups is 1. The molecule has 2 amide bonds. The van der Waals surface area contributed by atoms with Gasteiger partial charge in [0.2, 0.25) is 0 Å². The van der Waals surface area contributed by atoms with Gasteiger partial charge in [-0.1, -0.05) is 20.3 Å². The molecular formula is C14H18F2N2O3. The van der Waals surface area contributed by atoms with Gasteiger partial charge in [0, 0.05) is 12.1 Å². The Morgan fingerprint density at radius 1 is 1.24 bits per heavy atom. The molecule has 5 nitrogen and oxygen atoms in total. The third-order valence-corrected chi connectivity index (χ3v) is 3.39. The van der Waals surface area contributed by atoms with Gasteiger partial charge in [-0.3, -0.25) is 0 Å². The SMILES string of the molecule is CCC(C)C(C)NC(=O)Nc1cc(C(=O)O)c(F)cc1F. The second-order valence-electron chi connectivity index (χ2n) is 4.89. The molecule has 1 aromatic rings. The van der Waals surface area contributed by atoms with Crippen LogP contribution in [0.2, 0.25) is 0 Å². The van der Waals surface area contributed by atoms with Crippen LogP contribution in [0.15, 0.2) is 12.1 Å². The second-order valence-corrected chi connectivity index (χ2v) is 4.89. The van der Waals surface area contributed by atoms with Crippen molar-refractivity contribution >= 4 is 17.7 Å². The van der Waals surface area contributed by atoms with Gasteiger partial charge in [0.05, 0.1) is 11.3 Å². The largest absolute Gasteiger partial charge is 0.478 e. The number of benzene rings is 1. The van der Waals surface area contributed by atoms with Crippen molar-refractivity contribution in [2.75, 3.05) is 5.32 Å². The van der Waals surface area contributed by atoms with Gasteiger partial charge in [-0.25, -0.2) is 18.4 Å². The monoisotopic (exact) mass is 300 g/mol. The Morgan fingerprint density at radius 3 is 2.38 bits per heavy atom. The maximum Gasteiger partial charge on any atom is 0.338 e. The van der Waals surface area contributed by atoms with Crippen molar-refractivity contribution in [3.8, 4) is 0 Å². The van der Waals surface area contributed by atoms with Crippen LogP contribution in [0.25, 0.3) is 0 Å². The first-order valence-corrected chi connectivity index (χ1v) is 6.56. The van der Waals surface area contributed by atoms with Crippen LogP contribution in [0, 0.1) is 17.6 Å². The third kappa shape index (κ3) is 4.40. The van der Waals surface area contributed by atoms with Crippen molar-refractivity contribution in [2.24, 2.45) is 5.92 Å². The maximum absolute atomic E-state index is 13.5. The average Bonchev–Trinajstić information content (AvgIpc) is 2.40. The summed E-state index contributed by atoms with van der Waals surface area (Å²) in [6.07, 6.45) is 0.857. The van der Waals surface area contributed by atoms with Crippen LogP contribution < -0.4 is 10.6 Å². The molecule has 1 rings (SSSR count). The molecule has 7 heteroatoms. The number of amides is 2. The van der Waals surface area contributed by atoms with Gasteiger partial charge in [0.15, 0.2) is 0 Å². The first kappa shape index (κ1) is 16.9. The zero-order valence-corrected chi connectivity index (χ0v) is 12.0. The number of carboxylic acid groups (broad SMARTS) is 1. The van der Waals surface area contributed by atoms with E-state index in [2.05, 4.69) is 10.6 Å². The lowest BCUT2D eigenvalue weighted by molar-refractivity contribution is 0.0692. The third-order valence-electron chi connectivity index (χ3n) is 3.39. The number of rotatable bonds is 5. The van der Waals surface area contributed by atoms with Gasteiger partial charge < -0.3 is 15.7 Å². The Bertz CT molecular complexity index is 549. The fraction of sp³-hybridized carbons (Fsp3) is 0.429. The molecule has 3 N–H and O–H groups in total. The molecule has 0 fully saturated rings. The second kappa shape index (κ2) is 7.01. The highest BCUT2D eigenvalue weighted by molar-refractivity contribution is 5.93. The number of carbonyl (C=O) groups is 2. The summed E-state index contributed by atoms with van der Waals surface area (Å²) in [5.74, 6) is -3.55. The van der Waals surface area contributed by atoms with E-state index in [0.29, 0.717) is 6.07 Å². The quantitative estimate of drug-likeness (QED) is 0.781. The molecule has 0 radical (unpaired) electrons. The summed E-state index contributed by atoms with van der Waals surface area (Å²) in [7, 11) is 0. The minimum Gasteiger partial charge on any atom is -0.478 e. The molecule has 0 aromatic heterocycles. The van der Waals surface area contributed by atoms with E-state index in [-0.39, 0.29) is 17.6 Å². The first-order chi connectivity index (χ1) is 9.76. The number of anilines is 1. The van der Waals surface area contributed by atoms with Crippen LogP contribution >= 0.6 is 0 Å². The average molecular weight is 300 g/mol. The van der Waals surface area contributed by atoms with Crippen LogP contribution in [0.5, 0.6) is 0 Å². The van der Waals surface area contributed by atoms with Crippen LogP contribution in [-0.2, 0) is 0 Å². The summed E-state index contributed by atoms with van der Waals surface area (Å²) >= 11 is 0. The molecular weight excluding hydrogens is 282 g/mol. The van der Waals surface area contributed by atoms with Crippen LogP contribution in [-0.4, -0.2) is 23.1 Å². The molecule has 2 unspecified atom stereocenters. The van der Waals surface area contributed by atoms with Crippen molar-refractivity contribution in [3.05, 3.63) is 29.3 Å². The molecule has 21 heavy (non-hydrogen) atoms. The Kier molecular flexibility index (Phi) is 5.63. The number of carbonyl (C=O) groups excluding carboxylic acids is 1. The minimum absolute atomic E-state index is 0.141. The van der Waals surface area contributed by atoms with Crippen LogP contribution in [0.1, 0.15) is 37.6 Å². The molecule has 0 saturated heterocycles. The maximum atomic E-state index is 13.5. The highest BCUT2D eigenvalue weighted by Gasteiger charge is 2.18. The van der Waals surface area contributed by atoms with E-state index in [4.69, 9.17) is 5.11 Å². The molecule has 0 aliphatic heterocycles. The normalized spacial score (nSPS) is 13.4. The fourth-order valence-corrected chi connectivity index (χ4v) is 1.67. The Hall–Kier alpha value is -2.18. The Morgan fingerprint density at radius 2 is 1.86 bits per heavy atom. The number of aromatic carboxylic acids is 1. The van der Waals surface area contributed by atoms with Crippen molar-refractivity contribution in [3.63, 3.8) is 0 Å². The molecule has 2 atom stereocenters. The number of hydrogen-bond acceptors (Lipinski definition) is 2. The van der Waals surface area contributed by atoms with E-state index in [1.54, 1.807) is 6.92 Å². The summed E-state index contributed by atoms with van der Waals surface area (Å²) in [6.45, 7) is 5.73. The van der Waals surface area contributed by atoms with E-state index in [1.165, 1.54) is 0 Å². The minimum atomic E-state index is -1.54. The smallest absolute Gasteiger partial charge is 0.338 e. The summed E-state index contributed by atoms with van der Waals surface area (Å²) in [5.41, 5.74) is -1.09. The molecule has 0 bridgehead atoms. The Labute approximate surface area is 121 Å². The Balaban J connectivity index is 2.85. The zero-order valence-electron chi connectivity index (χ0n) is 12.0. The van der Waals surface area contributed by atoms with Gasteiger partial charge in [-0.2, -0.15) is 0 Å². The van der Waals surface area contributed by atoms with E-state index in [0.717, 1.165) is 12.5 Å². The summed E-state index contributed by atoms with van der Waals surface area (Å²) in [6, 6.07) is 0.361. The lowest BCUT2D eigenvalue weighted by Gasteiger charge is -2.20. The van der Waals surface area contributed by atoms with Crippen molar-refractivity contribution < 1.29 is 23.5 Å². The van der Waals surface area contributed by atoms with E-state index < -0.39 is 29.2 Å². The number of nitrogens with one attached hydrogen (secondary N) is 2. The van der Waals surface area contributed by atoms with Crippen molar-refractivity contribution in [2.45, 2.75) is 33.2 Å². The highest BCUT2D eigenvalue weighted by atomic mass is 19.1. The van der Waals surface area contributed by atoms with Gasteiger partial charge in [0.25, 0.3) is 0 Å². The first-order valence-electron chi connectivity index (χ1n) is 6.56. The van der Waals surface area contributed by atoms with E-state index >= 15 is 0 Å². The molecule has 1 aromatic carbocycles. The van der Waals surface area contributed by atoms with Crippen LogP contribution in [0.4, 0.5) is 19.3 Å². The van der Waals surface area contributed by atoms with Gasteiger partial charge in [-0.15, -0.1) is 0 Å². The van der Waals surface area contributed by atoms with Crippen molar-refractivity contribution in [1.29, 1.82) is 0 Å². The zero-order chi connectivity index (χ0) is 16.2. The number of hydrogen-bond donors (Lipinski definition) is 3. The van der Waals surface area contributed by atoms with Gasteiger partial charge >= 0.3 is 12.0 Å². The standard InChI is InChI=1S/C14H18F2N2O3/c1-4-7(2)8(3)17-14(21)18-12-5-9(13(19)20)10(15)6-11(12)16/h5-8H,4H2,1-3H3,(H,19,20)(H2,17,18,21). The van der Waals surface area contributed by atoms with Crippen LogP contribution in [0.3, 0.4) is 0 Å². The van der Waals surface area contributed by atoms with Gasteiger partial charge in [0.1, 0.15) is 11.6 Å². The molecule has 0 aliphatic carbocycles. The van der Waals surface area contributed by atoms with E-state index in [1.807, 2.05) is 13.8 Å². The molecule has 0 saturated carbocycles. The predicted molar refractivity (Wildman–Crippen MR) is 74.4 cm³/mol.